The van der Waals surface area contributed by atoms with Crippen molar-refractivity contribution >= 4 is 10.0 Å². The van der Waals surface area contributed by atoms with Gasteiger partial charge >= 0.3 is 0 Å². The van der Waals surface area contributed by atoms with Crippen molar-refractivity contribution in [2.24, 2.45) is 0 Å². The third-order valence-electron chi connectivity index (χ3n) is 3.85. The van der Waals surface area contributed by atoms with Crippen molar-refractivity contribution in [1.82, 2.24) is 14.9 Å². The molecule has 8 heteroatoms. The molecule has 2 aromatic heterocycles. The van der Waals surface area contributed by atoms with Crippen molar-refractivity contribution in [3.05, 3.63) is 59.9 Å². The lowest BCUT2D eigenvalue weighted by atomic mass is 10.1. The third-order valence-corrected chi connectivity index (χ3v) is 5.31. The molecule has 0 atom stereocenters. The van der Waals surface area contributed by atoms with E-state index in [1.165, 1.54) is 0 Å². The minimum atomic E-state index is -3.57. The van der Waals surface area contributed by atoms with E-state index in [0.717, 1.165) is 11.1 Å². The van der Waals surface area contributed by atoms with E-state index in [1.54, 1.807) is 48.7 Å². The first-order valence-electron chi connectivity index (χ1n) is 8.03. The van der Waals surface area contributed by atoms with Crippen LogP contribution in [0.2, 0.25) is 0 Å². The van der Waals surface area contributed by atoms with Gasteiger partial charge in [-0.15, -0.1) is 10.2 Å². The molecule has 3 aromatic rings. The van der Waals surface area contributed by atoms with Gasteiger partial charge < -0.3 is 9.15 Å². The molecule has 0 radical (unpaired) electrons. The summed E-state index contributed by atoms with van der Waals surface area (Å²) in [5.41, 5.74) is 2.57. The van der Waals surface area contributed by atoms with E-state index < -0.39 is 10.0 Å². The fourth-order valence-corrected chi connectivity index (χ4v) is 3.35. The second-order valence-corrected chi connectivity index (χ2v) is 7.49. The number of rotatable bonds is 7. The first-order valence-corrected chi connectivity index (χ1v) is 9.51. The predicted molar refractivity (Wildman–Crippen MR) is 96.3 cm³/mol. The summed E-state index contributed by atoms with van der Waals surface area (Å²) in [5, 5.41) is 7.95. The molecule has 0 unspecified atom stereocenters. The fourth-order valence-electron chi connectivity index (χ4n) is 2.25. The Labute approximate surface area is 152 Å². The van der Waals surface area contributed by atoms with E-state index in [9.17, 15) is 8.42 Å². The van der Waals surface area contributed by atoms with Gasteiger partial charge in [0, 0.05) is 12.6 Å². The average Bonchev–Trinajstić information content (AvgIpc) is 3.16. The normalized spacial score (nSPS) is 11.5. The van der Waals surface area contributed by atoms with E-state index in [2.05, 4.69) is 14.9 Å². The molecule has 1 aromatic carbocycles. The van der Waals surface area contributed by atoms with Gasteiger partial charge in [0.2, 0.25) is 15.9 Å². The van der Waals surface area contributed by atoms with Gasteiger partial charge in [-0.3, -0.25) is 0 Å². The highest BCUT2D eigenvalue weighted by Gasteiger charge is 2.14. The van der Waals surface area contributed by atoms with Crippen LogP contribution in [0, 0.1) is 13.8 Å². The first-order chi connectivity index (χ1) is 12.5. The van der Waals surface area contributed by atoms with E-state index >= 15 is 0 Å². The molecule has 0 aliphatic rings. The van der Waals surface area contributed by atoms with Crippen LogP contribution in [0.5, 0.6) is 5.88 Å². The topological polar surface area (TPSA) is 94.3 Å². The number of sulfonamides is 1. The highest BCUT2D eigenvalue weighted by Crippen LogP contribution is 2.18. The number of nitrogens with one attached hydrogen (secondary N) is 1. The molecule has 0 amide bonds. The molecule has 26 heavy (non-hydrogen) atoms. The smallest absolute Gasteiger partial charge is 0.240 e. The molecule has 0 saturated heterocycles. The lowest BCUT2D eigenvalue weighted by molar-refractivity contribution is 0.307. The van der Waals surface area contributed by atoms with Crippen LogP contribution in [0.25, 0.3) is 11.5 Å². The quantitative estimate of drug-likeness (QED) is 0.640. The van der Waals surface area contributed by atoms with Crippen molar-refractivity contribution < 1.29 is 17.6 Å². The van der Waals surface area contributed by atoms with Crippen LogP contribution in [0.3, 0.4) is 0 Å². The van der Waals surface area contributed by atoms with E-state index in [-0.39, 0.29) is 18.0 Å². The molecule has 2 heterocycles. The second-order valence-electron chi connectivity index (χ2n) is 5.73. The molecule has 0 bridgehead atoms. The third kappa shape index (κ3) is 4.27. The number of furan rings is 1. The van der Waals surface area contributed by atoms with Gasteiger partial charge in [-0.05, 0) is 55.3 Å². The summed E-state index contributed by atoms with van der Waals surface area (Å²) in [7, 11) is -3.57. The second kappa shape index (κ2) is 7.67. The van der Waals surface area contributed by atoms with Crippen molar-refractivity contribution in [2.45, 2.75) is 18.7 Å². The van der Waals surface area contributed by atoms with Gasteiger partial charge in [-0.2, -0.15) is 0 Å². The van der Waals surface area contributed by atoms with Crippen LogP contribution in [-0.2, 0) is 10.0 Å². The molecule has 0 spiro atoms. The number of hydrogen-bond donors (Lipinski definition) is 1. The summed E-state index contributed by atoms with van der Waals surface area (Å²) in [6, 6.07) is 12.0. The zero-order valence-corrected chi connectivity index (χ0v) is 15.3. The summed E-state index contributed by atoms with van der Waals surface area (Å²) < 4.78 is 37.7. The molecular formula is C18H19N3O4S. The van der Waals surface area contributed by atoms with Gasteiger partial charge in [0.05, 0.1) is 11.2 Å². The number of nitrogens with zero attached hydrogens (tertiary/aromatic N) is 2. The molecular weight excluding hydrogens is 354 g/mol. The van der Waals surface area contributed by atoms with Crippen LogP contribution >= 0.6 is 0 Å². The average molecular weight is 373 g/mol. The van der Waals surface area contributed by atoms with Crippen molar-refractivity contribution in [2.75, 3.05) is 13.2 Å². The minimum absolute atomic E-state index is 0.122. The Kier molecular flexibility index (Phi) is 5.34. The lowest BCUT2D eigenvalue weighted by Crippen LogP contribution is -2.28. The van der Waals surface area contributed by atoms with Gasteiger partial charge in [0.25, 0.3) is 0 Å². The summed E-state index contributed by atoms with van der Waals surface area (Å²) in [6.45, 7) is 4.07. The monoisotopic (exact) mass is 373 g/mol. The largest absolute Gasteiger partial charge is 0.475 e. The number of aromatic nitrogens is 2. The number of ether oxygens (including phenoxy) is 1. The molecule has 0 fully saturated rings. The van der Waals surface area contributed by atoms with Gasteiger partial charge in [0.15, 0.2) is 5.76 Å². The highest BCUT2D eigenvalue weighted by molar-refractivity contribution is 7.89. The van der Waals surface area contributed by atoms with Crippen molar-refractivity contribution in [3.63, 3.8) is 0 Å². The Bertz CT molecular complexity index is 968. The maximum Gasteiger partial charge on any atom is 0.240 e. The van der Waals surface area contributed by atoms with E-state index in [4.69, 9.17) is 9.15 Å². The molecule has 3 rings (SSSR count). The Morgan fingerprint density at radius 3 is 2.58 bits per heavy atom. The summed E-state index contributed by atoms with van der Waals surface area (Å²) >= 11 is 0. The Hall–Kier alpha value is -2.71. The van der Waals surface area contributed by atoms with Crippen molar-refractivity contribution in [1.29, 1.82) is 0 Å². The van der Waals surface area contributed by atoms with E-state index in [1.807, 2.05) is 13.8 Å². The lowest BCUT2D eigenvalue weighted by Gasteiger charge is -2.09. The van der Waals surface area contributed by atoms with Crippen LogP contribution in [0.4, 0.5) is 0 Å². The zero-order chi connectivity index (χ0) is 18.6. The van der Waals surface area contributed by atoms with Crippen LogP contribution in [0.1, 0.15) is 11.1 Å². The maximum atomic E-state index is 12.3. The first kappa shape index (κ1) is 18.1. The van der Waals surface area contributed by atoms with Gasteiger partial charge in [-0.1, -0.05) is 6.07 Å². The number of aryl methyl sites for hydroxylation is 2. The molecule has 136 valence electrons. The minimum Gasteiger partial charge on any atom is -0.475 e. The van der Waals surface area contributed by atoms with Crippen LogP contribution in [-0.4, -0.2) is 31.8 Å². The summed E-state index contributed by atoms with van der Waals surface area (Å²) in [5.74, 6) is 0.927. The Balaban J connectivity index is 1.52. The van der Waals surface area contributed by atoms with E-state index in [0.29, 0.717) is 17.3 Å². The van der Waals surface area contributed by atoms with Crippen molar-refractivity contribution in [3.8, 4) is 17.3 Å². The van der Waals surface area contributed by atoms with Crippen LogP contribution in [0.15, 0.2) is 58.0 Å². The Morgan fingerprint density at radius 2 is 1.92 bits per heavy atom. The molecule has 1 N–H and O–H groups in total. The molecule has 0 aliphatic heterocycles. The zero-order valence-electron chi connectivity index (χ0n) is 14.5. The number of benzene rings is 1. The molecule has 0 aliphatic carbocycles. The summed E-state index contributed by atoms with van der Waals surface area (Å²) in [4.78, 5) is 0.239. The standard InChI is InChI=1S/C18H19N3O4S/c1-13-5-6-15(12-14(13)2)26(22,23)19-9-11-25-18-8-7-16(20-21-18)17-4-3-10-24-17/h3-8,10,12,19H,9,11H2,1-2H3. The number of hydrogen-bond acceptors (Lipinski definition) is 6. The molecule has 0 saturated carbocycles. The SMILES string of the molecule is Cc1ccc(S(=O)(=O)NCCOc2ccc(-c3ccco3)nn2)cc1C. The van der Waals surface area contributed by atoms with Gasteiger partial charge in [0.1, 0.15) is 12.3 Å². The van der Waals surface area contributed by atoms with Gasteiger partial charge in [-0.25, -0.2) is 13.1 Å². The highest BCUT2D eigenvalue weighted by atomic mass is 32.2. The summed E-state index contributed by atoms with van der Waals surface area (Å²) in [6.07, 6.45) is 1.56. The predicted octanol–water partition coefficient (Wildman–Crippen LogP) is 2.71. The Morgan fingerprint density at radius 1 is 1.08 bits per heavy atom. The maximum absolute atomic E-state index is 12.3. The molecule has 7 nitrogen and oxygen atoms in total. The fraction of sp³-hybridized carbons (Fsp3) is 0.222. The van der Waals surface area contributed by atoms with Crippen LogP contribution < -0.4 is 9.46 Å².